The van der Waals surface area contributed by atoms with E-state index in [0.29, 0.717) is 5.82 Å². The number of anilines is 3. The monoisotopic (exact) mass is 338 g/mol. The number of hydrogen-bond acceptors (Lipinski definition) is 5. The number of rotatable bonds is 3. The normalized spacial score (nSPS) is 11.0. The van der Waals surface area contributed by atoms with Gasteiger partial charge in [-0.15, -0.1) is 0 Å². The standard InChI is InChI=1S/C17H12F2N6/c18-10-5-6-11(19)13(7-10)24-16-15(20)17(22-8-21-16)25-9-23-12-3-1-2-4-14(12)25/h1-9H,20H2,(H,21,22,24). The lowest BCUT2D eigenvalue weighted by Gasteiger charge is -2.12. The van der Waals surface area contributed by atoms with Crippen LogP contribution >= 0.6 is 0 Å². The minimum absolute atomic E-state index is 0.0631. The topological polar surface area (TPSA) is 81.6 Å². The molecule has 2 heterocycles. The number of benzene rings is 2. The van der Waals surface area contributed by atoms with Crippen LogP contribution in [0.1, 0.15) is 0 Å². The predicted molar refractivity (Wildman–Crippen MR) is 90.7 cm³/mol. The zero-order chi connectivity index (χ0) is 17.4. The van der Waals surface area contributed by atoms with Gasteiger partial charge in [-0.3, -0.25) is 4.57 Å². The second-order valence-electron chi connectivity index (χ2n) is 5.31. The highest BCUT2D eigenvalue weighted by Gasteiger charge is 2.14. The van der Waals surface area contributed by atoms with Gasteiger partial charge in [-0.2, -0.15) is 0 Å². The number of fused-ring (bicyclic) bond motifs is 1. The summed E-state index contributed by atoms with van der Waals surface area (Å²) in [6.45, 7) is 0. The van der Waals surface area contributed by atoms with Crippen LogP contribution in [0.4, 0.5) is 26.0 Å². The highest BCUT2D eigenvalue weighted by Crippen LogP contribution is 2.28. The molecule has 4 rings (SSSR count). The van der Waals surface area contributed by atoms with Crippen LogP contribution in [0.5, 0.6) is 0 Å². The molecule has 0 unspecified atom stereocenters. The lowest BCUT2D eigenvalue weighted by Crippen LogP contribution is -2.07. The molecule has 3 N–H and O–H groups in total. The molecule has 0 spiro atoms. The Balaban J connectivity index is 1.79. The van der Waals surface area contributed by atoms with Crippen LogP contribution in [-0.2, 0) is 0 Å². The van der Waals surface area contributed by atoms with Gasteiger partial charge in [0.25, 0.3) is 0 Å². The number of hydrogen-bond donors (Lipinski definition) is 2. The molecule has 124 valence electrons. The summed E-state index contributed by atoms with van der Waals surface area (Å²) >= 11 is 0. The number of halogens is 2. The molecule has 2 aromatic carbocycles. The molecule has 0 aliphatic heterocycles. The number of nitrogen functional groups attached to an aromatic ring is 1. The Labute approximate surface area is 141 Å². The summed E-state index contributed by atoms with van der Waals surface area (Å²) in [7, 11) is 0. The highest BCUT2D eigenvalue weighted by molar-refractivity contribution is 5.81. The molecule has 6 nitrogen and oxygen atoms in total. The van der Waals surface area contributed by atoms with Crippen LogP contribution in [0.25, 0.3) is 16.9 Å². The molecule has 0 aliphatic rings. The highest BCUT2D eigenvalue weighted by atomic mass is 19.1. The Hall–Kier alpha value is -3.55. The molecule has 0 aliphatic carbocycles. The van der Waals surface area contributed by atoms with Crippen LogP contribution in [0.3, 0.4) is 0 Å². The second-order valence-corrected chi connectivity index (χ2v) is 5.31. The smallest absolute Gasteiger partial charge is 0.167 e. The van der Waals surface area contributed by atoms with Gasteiger partial charge in [0.1, 0.15) is 30.0 Å². The van der Waals surface area contributed by atoms with Crippen LogP contribution < -0.4 is 11.1 Å². The summed E-state index contributed by atoms with van der Waals surface area (Å²) in [5, 5.41) is 2.71. The molecule has 0 bridgehead atoms. The molecule has 0 saturated heterocycles. The van der Waals surface area contributed by atoms with Crippen molar-refractivity contribution in [1.82, 2.24) is 19.5 Å². The lowest BCUT2D eigenvalue weighted by atomic mass is 10.3. The van der Waals surface area contributed by atoms with Crippen molar-refractivity contribution >= 4 is 28.2 Å². The SMILES string of the molecule is Nc1c(Nc2cc(F)ccc2F)ncnc1-n1cnc2ccccc21. The van der Waals surface area contributed by atoms with Crippen molar-refractivity contribution in [1.29, 1.82) is 0 Å². The number of imidazole rings is 1. The maximum absolute atomic E-state index is 13.8. The maximum atomic E-state index is 13.8. The van der Waals surface area contributed by atoms with Crippen molar-refractivity contribution in [2.24, 2.45) is 0 Å². The third-order valence-corrected chi connectivity index (χ3v) is 3.73. The fourth-order valence-corrected chi connectivity index (χ4v) is 2.53. The van der Waals surface area contributed by atoms with Gasteiger partial charge in [-0.25, -0.2) is 23.7 Å². The van der Waals surface area contributed by atoms with Gasteiger partial charge >= 0.3 is 0 Å². The molecule has 0 radical (unpaired) electrons. The third-order valence-electron chi connectivity index (χ3n) is 3.73. The Morgan fingerprint density at radius 3 is 2.72 bits per heavy atom. The molecule has 2 aromatic heterocycles. The van der Waals surface area contributed by atoms with E-state index in [0.717, 1.165) is 29.2 Å². The van der Waals surface area contributed by atoms with E-state index in [4.69, 9.17) is 5.73 Å². The van der Waals surface area contributed by atoms with Crippen molar-refractivity contribution in [3.8, 4) is 5.82 Å². The number of nitrogens with zero attached hydrogens (tertiary/aromatic N) is 4. The van der Waals surface area contributed by atoms with Crippen LogP contribution in [0.15, 0.2) is 55.1 Å². The van der Waals surface area contributed by atoms with Crippen molar-refractivity contribution in [2.75, 3.05) is 11.1 Å². The molecule has 0 fully saturated rings. The minimum Gasteiger partial charge on any atom is -0.393 e. The summed E-state index contributed by atoms with van der Waals surface area (Å²) in [6, 6.07) is 10.6. The fourth-order valence-electron chi connectivity index (χ4n) is 2.53. The van der Waals surface area contributed by atoms with Crippen molar-refractivity contribution in [2.45, 2.75) is 0 Å². The number of aromatic nitrogens is 4. The summed E-state index contributed by atoms with van der Waals surface area (Å²) in [4.78, 5) is 12.5. The number of para-hydroxylation sites is 2. The molecular formula is C17H12F2N6. The van der Waals surface area contributed by atoms with Gasteiger partial charge in [-0.05, 0) is 24.3 Å². The van der Waals surface area contributed by atoms with Gasteiger partial charge in [0, 0.05) is 6.07 Å². The third kappa shape index (κ3) is 2.63. The zero-order valence-corrected chi connectivity index (χ0v) is 12.8. The average Bonchev–Trinajstić information content (AvgIpc) is 3.04. The molecule has 0 saturated carbocycles. The van der Waals surface area contributed by atoms with Gasteiger partial charge in [0.05, 0.1) is 16.7 Å². The van der Waals surface area contributed by atoms with E-state index < -0.39 is 11.6 Å². The van der Waals surface area contributed by atoms with Crippen molar-refractivity contribution in [3.63, 3.8) is 0 Å². The van der Waals surface area contributed by atoms with E-state index >= 15 is 0 Å². The van der Waals surface area contributed by atoms with Gasteiger partial charge < -0.3 is 11.1 Å². The Morgan fingerprint density at radius 1 is 1.00 bits per heavy atom. The summed E-state index contributed by atoms with van der Waals surface area (Å²) < 4.78 is 28.9. The van der Waals surface area contributed by atoms with Gasteiger partial charge in [0.2, 0.25) is 0 Å². The fraction of sp³-hybridized carbons (Fsp3) is 0. The zero-order valence-electron chi connectivity index (χ0n) is 12.8. The Bertz CT molecular complexity index is 1080. The summed E-state index contributed by atoms with van der Waals surface area (Å²) in [6.07, 6.45) is 2.88. The first-order valence-electron chi connectivity index (χ1n) is 7.38. The second kappa shape index (κ2) is 5.82. The molecule has 8 heteroatoms. The number of nitrogens with two attached hydrogens (primary N) is 1. The van der Waals surface area contributed by atoms with E-state index in [1.165, 1.54) is 6.33 Å². The first kappa shape index (κ1) is 15.0. The number of nitrogens with one attached hydrogen (secondary N) is 1. The van der Waals surface area contributed by atoms with Crippen molar-refractivity contribution < 1.29 is 8.78 Å². The van der Waals surface area contributed by atoms with Crippen LogP contribution in [0.2, 0.25) is 0 Å². The molecule has 25 heavy (non-hydrogen) atoms. The average molecular weight is 338 g/mol. The van der Waals surface area contributed by atoms with E-state index in [1.807, 2.05) is 24.3 Å². The van der Waals surface area contributed by atoms with E-state index in [1.54, 1.807) is 10.9 Å². The first-order chi connectivity index (χ1) is 12.1. The largest absolute Gasteiger partial charge is 0.393 e. The Morgan fingerprint density at radius 2 is 1.84 bits per heavy atom. The van der Waals surface area contributed by atoms with E-state index in [2.05, 4.69) is 20.3 Å². The summed E-state index contributed by atoms with van der Waals surface area (Å²) in [5.74, 6) is -0.623. The quantitative estimate of drug-likeness (QED) is 0.598. The van der Waals surface area contributed by atoms with Gasteiger partial charge in [0.15, 0.2) is 11.6 Å². The van der Waals surface area contributed by atoms with Gasteiger partial charge in [-0.1, -0.05) is 12.1 Å². The minimum atomic E-state index is -0.617. The van der Waals surface area contributed by atoms with Crippen LogP contribution in [0, 0.1) is 11.6 Å². The predicted octanol–water partition coefficient (Wildman–Crippen LogP) is 3.42. The first-order valence-corrected chi connectivity index (χ1v) is 7.38. The Kier molecular flexibility index (Phi) is 3.50. The van der Waals surface area contributed by atoms with E-state index in [9.17, 15) is 8.78 Å². The molecular weight excluding hydrogens is 326 g/mol. The maximum Gasteiger partial charge on any atom is 0.167 e. The lowest BCUT2D eigenvalue weighted by molar-refractivity contribution is 0.603. The van der Waals surface area contributed by atoms with Crippen LogP contribution in [-0.4, -0.2) is 19.5 Å². The van der Waals surface area contributed by atoms with E-state index in [-0.39, 0.29) is 17.2 Å². The molecule has 4 aromatic rings. The molecule has 0 amide bonds. The van der Waals surface area contributed by atoms with Crippen molar-refractivity contribution in [3.05, 3.63) is 66.8 Å². The summed E-state index contributed by atoms with van der Waals surface area (Å²) in [5.41, 5.74) is 7.87. The molecule has 0 atom stereocenters.